The smallest absolute Gasteiger partial charge is 0.224 e. The number of carbonyl (C=O) groups is 1. The summed E-state index contributed by atoms with van der Waals surface area (Å²) in [6.45, 7) is 2.44. The van der Waals surface area contributed by atoms with Gasteiger partial charge in [-0.3, -0.25) is 4.79 Å². The lowest BCUT2D eigenvalue weighted by atomic mass is 10.1. The van der Waals surface area contributed by atoms with Crippen LogP contribution < -0.4 is 5.32 Å². The number of benzene rings is 2. The molecule has 2 heterocycles. The van der Waals surface area contributed by atoms with Gasteiger partial charge in [0.1, 0.15) is 12.7 Å². The van der Waals surface area contributed by atoms with Crippen LogP contribution in [0.2, 0.25) is 0 Å². The van der Waals surface area contributed by atoms with Crippen molar-refractivity contribution in [1.82, 2.24) is 25.1 Å². The van der Waals surface area contributed by atoms with Crippen LogP contribution in [0.4, 0.5) is 0 Å². The molecule has 0 spiro atoms. The van der Waals surface area contributed by atoms with Crippen molar-refractivity contribution in [2.24, 2.45) is 0 Å². The number of fused-ring (bicyclic) bond motifs is 1. The van der Waals surface area contributed by atoms with E-state index in [0.29, 0.717) is 13.0 Å². The normalized spacial score (nSPS) is 11.0. The molecule has 2 aromatic carbocycles. The molecule has 0 aliphatic rings. The fourth-order valence-electron chi connectivity index (χ4n) is 3.20. The lowest BCUT2D eigenvalue weighted by molar-refractivity contribution is -0.120. The van der Waals surface area contributed by atoms with Gasteiger partial charge in [-0.25, -0.2) is 9.67 Å². The number of H-pyrrole nitrogens is 1. The highest BCUT2D eigenvalue weighted by molar-refractivity contribution is 5.90. The summed E-state index contributed by atoms with van der Waals surface area (Å²) >= 11 is 0. The maximum atomic E-state index is 12.5. The van der Waals surface area contributed by atoms with Crippen LogP contribution in [0.5, 0.6) is 0 Å². The zero-order chi connectivity index (χ0) is 17.9. The van der Waals surface area contributed by atoms with Gasteiger partial charge in [-0.15, -0.1) is 0 Å². The highest BCUT2D eigenvalue weighted by Crippen LogP contribution is 2.22. The highest BCUT2D eigenvalue weighted by atomic mass is 16.1. The molecule has 0 aliphatic carbocycles. The first-order valence-corrected chi connectivity index (χ1v) is 8.48. The number of nitrogens with zero attached hydrogens (tertiary/aromatic N) is 3. The van der Waals surface area contributed by atoms with E-state index >= 15 is 0 Å². The summed E-state index contributed by atoms with van der Waals surface area (Å²) < 4.78 is 1.70. The van der Waals surface area contributed by atoms with Gasteiger partial charge in [-0.2, -0.15) is 5.10 Å². The first-order valence-electron chi connectivity index (χ1n) is 8.48. The van der Waals surface area contributed by atoms with Gasteiger partial charge < -0.3 is 10.3 Å². The number of aromatic amines is 1. The minimum Gasteiger partial charge on any atom is -0.358 e. The molecule has 4 aromatic rings. The predicted octanol–water partition coefficient (Wildman–Crippen LogP) is 2.92. The maximum Gasteiger partial charge on any atom is 0.224 e. The molecule has 0 saturated heterocycles. The maximum absolute atomic E-state index is 12.5. The number of aromatic nitrogens is 4. The molecule has 6 nitrogen and oxygen atoms in total. The molecule has 0 unspecified atom stereocenters. The summed E-state index contributed by atoms with van der Waals surface area (Å²) in [5, 5.41) is 8.29. The van der Waals surface area contributed by atoms with E-state index in [1.165, 1.54) is 6.33 Å². The Bertz CT molecular complexity index is 1050. The number of amides is 1. The molecule has 0 atom stereocenters. The van der Waals surface area contributed by atoms with Crippen molar-refractivity contribution in [3.8, 4) is 5.69 Å². The Labute approximate surface area is 150 Å². The number of rotatable bonds is 5. The Kier molecular flexibility index (Phi) is 4.23. The van der Waals surface area contributed by atoms with Gasteiger partial charge in [0, 0.05) is 23.1 Å². The number of hydrogen-bond acceptors (Lipinski definition) is 3. The molecule has 4 rings (SSSR count). The molecular weight excluding hydrogens is 326 g/mol. The second kappa shape index (κ2) is 6.84. The van der Waals surface area contributed by atoms with Crippen molar-refractivity contribution < 1.29 is 4.79 Å². The third-order valence-corrected chi connectivity index (χ3v) is 4.50. The number of carbonyl (C=O) groups excluding carboxylic acids is 1. The van der Waals surface area contributed by atoms with E-state index in [0.717, 1.165) is 33.4 Å². The Balaban J connectivity index is 1.49. The molecule has 0 radical (unpaired) electrons. The van der Waals surface area contributed by atoms with Crippen LogP contribution >= 0.6 is 0 Å². The van der Waals surface area contributed by atoms with Crippen LogP contribution in [0.15, 0.2) is 61.2 Å². The van der Waals surface area contributed by atoms with E-state index in [4.69, 9.17) is 0 Å². The molecule has 26 heavy (non-hydrogen) atoms. The summed E-state index contributed by atoms with van der Waals surface area (Å²) in [6.07, 6.45) is 3.49. The van der Waals surface area contributed by atoms with Crippen molar-refractivity contribution >= 4 is 16.8 Å². The van der Waals surface area contributed by atoms with Crippen LogP contribution in [0.3, 0.4) is 0 Å². The van der Waals surface area contributed by atoms with Gasteiger partial charge in [0.05, 0.1) is 12.1 Å². The third kappa shape index (κ3) is 3.09. The van der Waals surface area contributed by atoms with Crippen molar-refractivity contribution in [2.45, 2.75) is 19.9 Å². The Morgan fingerprint density at radius 2 is 1.96 bits per heavy atom. The lowest BCUT2D eigenvalue weighted by Crippen LogP contribution is -2.25. The third-order valence-electron chi connectivity index (χ3n) is 4.50. The molecule has 1 amide bonds. The van der Waals surface area contributed by atoms with Gasteiger partial charge in [-0.1, -0.05) is 36.4 Å². The van der Waals surface area contributed by atoms with E-state index in [9.17, 15) is 4.79 Å². The molecule has 6 heteroatoms. The second-order valence-corrected chi connectivity index (χ2v) is 6.20. The fraction of sp³-hybridized carbons (Fsp3) is 0.150. The van der Waals surface area contributed by atoms with E-state index in [-0.39, 0.29) is 5.91 Å². The Morgan fingerprint density at radius 1 is 1.15 bits per heavy atom. The standard InChI is InChI=1S/C20H19N5O/c1-14-17(16-7-3-4-8-18(16)24-14)10-20(26)22-11-15-6-2-5-9-19(15)25-13-21-12-23-25/h2-9,12-13,24H,10-11H2,1H3,(H,22,26). The van der Waals surface area contributed by atoms with E-state index in [2.05, 4.69) is 20.4 Å². The van der Waals surface area contributed by atoms with Crippen LogP contribution in [0, 0.1) is 6.92 Å². The Hall–Kier alpha value is -3.41. The van der Waals surface area contributed by atoms with E-state index < -0.39 is 0 Å². The van der Waals surface area contributed by atoms with Crippen molar-refractivity contribution in [3.63, 3.8) is 0 Å². The molecule has 0 fully saturated rings. The molecule has 2 aromatic heterocycles. The molecule has 0 bridgehead atoms. The van der Waals surface area contributed by atoms with Crippen LogP contribution in [0.25, 0.3) is 16.6 Å². The summed E-state index contributed by atoms with van der Waals surface area (Å²) in [5.74, 6) is -0.00811. The molecule has 2 N–H and O–H groups in total. The molecular formula is C20H19N5O. The monoisotopic (exact) mass is 345 g/mol. The SMILES string of the molecule is Cc1[nH]c2ccccc2c1CC(=O)NCc1ccccc1-n1cncn1. The summed E-state index contributed by atoms with van der Waals surface area (Å²) in [5.41, 5.74) is 5.03. The van der Waals surface area contributed by atoms with Gasteiger partial charge in [-0.05, 0) is 30.2 Å². The second-order valence-electron chi connectivity index (χ2n) is 6.20. The number of aryl methyl sites for hydroxylation is 1. The first kappa shape index (κ1) is 16.1. The topological polar surface area (TPSA) is 75.6 Å². The number of hydrogen-bond donors (Lipinski definition) is 2. The molecule has 0 aliphatic heterocycles. The minimum atomic E-state index is -0.00811. The van der Waals surface area contributed by atoms with Crippen molar-refractivity contribution in [3.05, 3.63) is 78.0 Å². The van der Waals surface area contributed by atoms with Crippen LogP contribution in [-0.2, 0) is 17.8 Å². The lowest BCUT2D eigenvalue weighted by Gasteiger charge is -2.10. The summed E-state index contributed by atoms with van der Waals surface area (Å²) in [6, 6.07) is 15.9. The average Bonchev–Trinajstić information content (AvgIpc) is 3.29. The molecule has 130 valence electrons. The van der Waals surface area contributed by atoms with E-state index in [1.807, 2.05) is 55.5 Å². The average molecular weight is 345 g/mol. The van der Waals surface area contributed by atoms with Crippen LogP contribution in [0.1, 0.15) is 16.8 Å². The van der Waals surface area contributed by atoms with Gasteiger partial charge in [0.15, 0.2) is 0 Å². The van der Waals surface area contributed by atoms with Crippen molar-refractivity contribution in [2.75, 3.05) is 0 Å². The first-order chi connectivity index (χ1) is 12.7. The predicted molar refractivity (Wildman–Crippen MR) is 99.9 cm³/mol. The minimum absolute atomic E-state index is 0.00811. The van der Waals surface area contributed by atoms with Gasteiger partial charge in [0.2, 0.25) is 5.91 Å². The van der Waals surface area contributed by atoms with Crippen molar-refractivity contribution in [1.29, 1.82) is 0 Å². The highest BCUT2D eigenvalue weighted by Gasteiger charge is 2.13. The summed E-state index contributed by atoms with van der Waals surface area (Å²) in [7, 11) is 0. The van der Waals surface area contributed by atoms with E-state index in [1.54, 1.807) is 11.0 Å². The van der Waals surface area contributed by atoms with Gasteiger partial charge >= 0.3 is 0 Å². The summed E-state index contributed by atoms with van der Waals surface area (Å²) in [4.78, 5) is 19.8. The van der Waals surface area contributed by atoms with Gasteiger partial charge in [0.25, 0.3) is 0 Å². The zero-order valence-corrected chi connectivity index (χ0v) is 14.4. The number of para-hydroxylation sites is 2. The zero-order valence-electron chi connectivity index (χ0n) is 14.4. The fourth-order valence-corrected chi connectivity index (χ4v) is 3.20. The number of nitrogens with one attached hydrogen (secondary N) is 2. The quantitative estimate of drug-likeness (QED) is 0.584. The molecule has 0 saturated carbocycles. The van der Waals surface area contributed by atoms with Crippen LogP contribution in [-0.4, -0.2) is 25.7 Å². The Morgan fingerprint density at radius 3 is 2.81 bits per heavy atom. The largest absolute Gasteiger partial charge is 0.358 e.